The molecule has 0 aromatic heterocycles. The summed E-state index contributed by atoms with van der Waals surface area (Å²) in [5.41, 5.74) is 0. The third-order valence-corrected chi connectivity index (χ3v) is 47.9. The first-order valence-electron chi connectivity index (χ1n) is 13.8. The molecule has 0 atom stereocenters. The summed E-state index contributed by atoms with van der Waals surface area (Å²) in [5.74, 6) is 0. The Bertz CT molecular complexity index is 474. The average Bonchev–Trinajstić information content (AvgIpc) is 2.35. The molecule has 0 aromatic rings. The molecule has 3 nitrogen and oxygen atoms in total. The number of hydrogen-bond acceptors (Lipinski definition) is 3. The molecule has 0 aliphatic rings. The second kappa shape index (κ2) is 13.2. The van der Waals surface area contributed by atoms with Crippen LogP contribution >= 0.6 is 0 Å². The van der Waals surface area contributed by atoms with E-state index in [9.17, 15) is 0 Å². The molecule has 0 aliphatic heterocycles. The summed E-state index contributed by atoms with van der Waals surface area (Å²) >= 11 is -2.48. The molecule has 0 amide bonds. The first-order chi connectivity index (χ1) is 14.6. The molecule has 0 N–H and O–H groups in total. The Morgan fingerprint density at radius 2 is 0.412 bits per heavy atom. The number of hydrogen-bond donors (Lipinski definition) is 0. The fraction of sp³-hybridized carbons (Fsp3) is 1.00. The van der Waals surface area contributed by atoms with Gasteiger partial charge in [-0.1, -0.05) is 0 Å². The predicted molar refractivity (Wildman–Crippen MR) is 175 cm³/mol. The zero-order chi connectivity index (χ0) is 27.6. The van der Waals surface area contributed by atoms with Crippen molar-refractivity contribution in [1.82, 2.24) is 2.99 Å². The van der Waals surface area contributed by atoms with Crippen LogP contribution in [-0.2, 0) is 0 Å². The minimum atomic E-state index is -2.48. The second-order valence-electron chi connectivity index (χ2n) is 18.4. The van der Waals surface area contributed by atoms with Crippen molar-refractivity contribution in [1.29, 1.82) is 0 Å². The van der Waals surface area contributed by atoms with Crippen molar-refractivity contribution >= 4 is 58.1 Å². The van der Waals surface area contributed by atoms with Gasteiger partial charge in [0.15, 0.2) is 0 Å². The summed E-state index contributed by atoms with van der Waals surface area (Å²) in [5, 5.41) is 3.12. The molecule has 0 heterocycles. The van der Waals surface area contributed by atoms with Crippen LogP contribution in [-0.4, -0.2) is 61.1 Å². The zero-order valence-electron chi connectivity index (χ0n) is 27.2. The Balaban J connectivity index is 6.98. The number of nitrogens with zero attached hydrogens (tertiary/aromatic N) is 3. The first kappa shape index (κ1) is 36.4. The Labute approximate surface area is 244 Å². The van der Waals surface area contributed by atoms with Crippen LogP contribution in [0.15, 0.2) is 0 Å². The van der Waals surface area contributed by atoms with Crippen molar-refractivity contribution in [2.45, 2.75) is 155 Å². The van der Waals surface area contributed by atoms with Crippen LogP contribution in [0.1, 0.15) is 125 Å². The summed E-state index contributed by atoms with van der Waals surface area (Å²) in [6.07, 6.45) is 0. The second-order valence-corrected chi connectivity index (χ2v) is 63.4. The maximum absolute atomic E-state index is 3.47. The standard InChI is InChI=1S/3C8H22NSi2.La/c3*1-7(2,3)10-9-11-8(4,5)6;/h3*10-11H2,1-6H3;/q3*-1;+3. The molecule has 0 saturated carbocycles. The van der Waals surface area contributed by atoms with E-state index >= 15 is 0 Å². The minimum absolute atomic E-state index is 0.262. The molecule has 0 fully saturated rings. The van der Waals surface area contributed by atoms with Crippen LogP contribution in [0.3, 0.4) is 0 Å². The number of rotatable bonds is 9. The molecule has 10 heteroatoms. The van der Waals surface area contributed by atoms with Crippen molar-refractivity contribution in [3.8, 4) is 0 Å². The van der Waals surface area contributed by atoms with E-state index < -0.39 is 31.1 Å². The fourth-order valence-corrected chi connectivity index (χ4v) is 112. The van der Waals surface area contributed by atoms with Gasteiger partial charge >= 0.3 is 247 Å². The average molecular weight is 704 g/mol. The summed E-state index contributed by atoms with van der Waals surface area (Å²) in [6.45, 7) is 46.1. The van der Waals surface area contributed by atoms with Gasteiger partial charge in [0.25, 0.3) is 0 Å². The van der Waals surface area contributed by atoms with E-state index in [1.165, 1.54) is 0 Å². The third kappa shape index (κ3) is 19.4. The van der Waals surface area contributed by atoms with E-state index in [0.717, 1.165) is 0 Å². The molecule has 0 spiro atoms. The topological polar surface area (TPSA) is 9.72 Å². The van der Waals surface area contributed by atoms with Gasteiger partial charge in [-0.25, -0.2) is 0 Å². The first-order valence-corrected chi connectivity index (χ1v) is 26.7. The molecule has 34 heavy (non-hydrogen) atoms. The van der Waals surface area contributed by atoms with E-state index in [1.54, 1.807) is 0 Å². The third-order valence-electron chi connectivity index (χ3n) is 5.04. The van der Waals surface area contributed by atoms with Gasteiger partial charge in [-0.15, -0.1) is 0 Å². The van der Waals surface area contributed by atoms with Crippen molar-refractivity contribution in [3.63, 3.8) is 0 Å². The van der Waals surface area contributed by atoms with Gasteiger partial charge in [0.2, 0.25) is 0 Å². The zero-order valence-corrected chi connectivity index (χ0v) is 39.3. The molecule has 0 unspecified atom stereocenters. The molecule has 0 rings (SSSR count). The van der Waals surface area contributed by atoms with Gasteiger partial charge < -0.3 is 0 Å². The van der Waals surface area contributed by atoms with Crippen LogP contribution in [0.2, 0.25) is 30.2 Å². The Hall–Kier alpha value is 2.38. The molecular weight excluding hydrogens is 638 g/mol. The van der Waals surface area contributed by atoms with Gasteiger partial charge in [0, 0.05) is 0 Å². The monoisotopic (exact) mass is 703 g/mol. The van der Waals surface area contributed by atoms with Crippen LogP contribution < -0.4 is 0 Å². The Kier molecular flexibility index (Phi) is 14.1. The summed E-state index contributed by atoms with van der Waals surface area (Å²) in [4.78, 5) is 0. The van der Waals surface area contributed by atoms with Crippen LogP contribution in [0, 0.1) is 31.1 Å². The van der Waals surface area contributed by atoms with E-state index in [4.69, 9.17) is 0 Å². The van der Waals surface area contributed by atoms with Crippen LogP contribution in [0.25, 0.3) is 0 Å². The molecule has 0 bridgehead atoms. The van der Waals surface area contributed by atoms with E-state index in [-0.39, 0.29) is 58.1 Å². The molecule has 0 saturated heterocycles. The quantitative estimate of drug-likeness (QED) is 0.336. The Morgan fingerprint density at radius 3 is 0.500 bits per heavy atom. The van der Waals surface area contributed by atoms with Gasteiger partial charge in [0.05, 0.1) is 0 Å². The molecular formula is C24H66LaN3Si6. The summed E-state index contributed by atoms with van der Waals surface area (Å²) in [6, 6.07) is 0. The maximum atomic E-state index is 3.47. The Morgan fingerprint density at radius 1 is 0.294 bits per heavy atom. The predicted octanol–water partition coefficient (Wildman–Crippen LogP) is 4.07. The molecule has 204 valence electrons. The SMILES string of the molecule is CC(C)(C)[SiH2][N]([SiH2]C(C)(C)C)[La]([N]([SiH2]C(C)(C)C)[SiH2]C(C)(C)C)[N]([SiH2]C(C)(C)C)[SiH2]C(C)(C)C. The van der Waals surface area contributed by atoms with Gasteiger partial charge in [-0.2, -0.15) is 0 Å². The van der Waals surface area contributed by atoms with Crippen molar-refractivity contribution in [2.75, 3.05) is 0 Å². The van der Waals surface area contributed by atoms with Crippen molar-refractivity contribution < 1.29 is 31.1 Å². The van der Waals surface area contributed by atoms with Crippen LogP contribution in [0.5, 0.6) is 0 Å². The molecule has 0 aromatic carbocycles. The normalized spacial score (nSPS) is 17.2. The van der Waals surface area contributed by atoms with E-state index in [0.29, 0.717) is 30.2 Å². The summed E-state index contributed by atoms with van der Waals surface area (Å²) < 4.78 is 10.4. The van der Waals surface area contributed by atoms with Gasteiger partial charge in [-0.05, 0) is 0 Å². The molecule has 0 radical (unpaired) electrons. The summed E-state index contributed by atoms with van der Waals surface area (Å²) in [7, 11) is -1.57. The van der Waals surface area contributed by atoms with Crippen LogP contribution in [0.4, 0.5) is 0 Å². The van der Waals surface area contributed by atoms with E-state index in [1.807, 2.05) is 0 Å². The van der Waals surface area contributed by atoms with Crippen molar-refractivity contribution in [3.05, 3.63) is 0 Å². The molecule has 0 aliphatic carbocycles. The van der Waals surface area contributed by atoms with E-state index in [2.05, 4.69) is 128 Å². The van der Waals surface area contributed by atoms with Gasteiger partial charge in [-0.3, -0.25) is 0 Å². The van der Waals surface area contributed by atoms with Gasteiger partial charge in [0.1, 0.15) is 0 Å². The fourth-order valence-electron chi connectivity index (χ4n) is 5.01. The van der Waals surface area contributed by atoms with Crippen molar-refractivity contribution in [2.24, 2.45) is 0 Å².